The van der Waals surface area contributed by atoms with Crippen molar-refractivity contribution in [1.29, 1.82) is 5.26 Å². The van der Waals surface area contributed by atoms with E-state index in [0.717, 1.165) is 38.0 Å². The molecule has 2 aromatic rings. The van der Waals surface area contributed by atoms with Gasteiger partial charge in [-0.3, -0.25) is 0 Å². The van der Waals surface area contributed by atoms with Crippen LogP contribution in [-0.2, 0) is 19.4 Å². The Morgan fingerprint density at radius 1 is 1.03 bits per heavy atom. The smallest absolute Gasteiger partial charge is 0.344 e. The van der Waals surface area contributed by atoms with E-state index in [-0.39, 0.29) is 11.5 Å². The number of esters is 1. The average Bonchev–Trinajstić information content (AvgIpc) is 2.80. The molecule has 1 saturated heterocycles. The molecule has 0 unspecified atom stereocenters. The zero-order chi connectivity index (χ0) is 25.6. The fourth-order valence-corrected chi connectivity index (χ4v) is 4.37. The van der Waals surface area contributed by atoms with Crippen molar-refractivity contribution in [3.8, 4) is 23.7 Å². The molecule has 0 atom stereocenters. The fourth-order valence-electron chi connectivity index (χ4n) is 3.72. The Balaban J connectivity index is 1.99. The highest BCUT2D eigenvalue weighted by atomic mass is 32.2. The molecule has 0 amide bonds. The Hall–Kier alpha value is -3.49. The van der Waals surface area contributed by atoms with Gasteiger partial charge in [-0.1, -0.05) is 11.8 Å². The Bertz CT molecular complexity index is 1300. The Labute approximate surface area is 207 Å². The summed E-state index contributed by atoms with van der Waals surface area (Å²) >= 11 is 0. The monoisotopic (exact) mass is 494 g/mol. The lowest BCUT2D eigenvalue weighted by Gasteiger charge is -2.30. The van der Waals surface area contributed by atoms with Crippen molar-refractivity contribution in [2.24, 2.45) is 0 Å². The average molecular weight is 495 g/mol. The normalized spacial score (nSPS) is 13.9. The van der Waals surface area contributed by atoms with E-state index < -0.39 is 21.4 Å². The largest absolute Gasteiger partial charge is 0.481 e. The van der Waals surface area contributed by atoms with E-state index in [1.54, 1.807) is 57.2 Å². The molecule has 2 aromatic carbocycles. The van der Waals surface area contributed by atoms with Crippen molar-refractivity contribution in [2.75, 3.05) is 30.9 Å². The maximum absolute atomic E-state index is 12.2. The van der Waals surface area contributed by atoms with Gasteiger partial charge in [0.05, 0.1) is 27.8 Å². The summed E-state index contributed by atoms with van der Waals surface area (Å²) < 4.78 is 35.3. The predicted octanol–water partition coefficient (Wildman–Crippen LogP) is 4.07. The van der Waals surface area contributed by atoms with Crippen LogP contribution in [0.3, 0.4) is 0 Å². The molecular formula is C27H30N2O5S. The molecule has 0 radical (unpaired) electrons. The van der Waals surface area contributed by atoms with E-state index in [0.29, 0.717) is 22.4 Å². The van der Waals surface area contributed by atoms with Gasteiger partial charge in [-0.05, 0) is 76.4 Å². The second-order valence-corrected chi connectivity index (χ2v) is 11.5. The first-order chi connectivity index (χ1) is 16.5. The van der Waals surface area contributed by atoms with Crippen molar-refractivity contribution in [1.82, 2.24) is 0 Å². The zero-order valence-electron chi connectivity index (χ0n) is 20.6. The summed E-state index contributed by atoms with van der Waals surface area (Å²) in [5.74, 6) is 5.94. The number of nitriles is 1. The van der Waals surface area contributed by atoms with Gasteiger partial charge in [0.2, 0.25) is 0 Å². The molecule has 0 saturated carbocycles. The van der Waals surface area contributed by atoms with Crippen LogP contribution in [-0.4, -0.2) is 45.9 Å². The molecule has 1 fully saturated rings. The summed E-state index contributed by atoms with van der Waals surface area (Å²) in [4.78, 5) is 14.5. The molecule has 8 heteroatoms. The topological polar surface area (TPSA) is 96.7 Å². The first-order valence-corrected chi connectivity index (χ1v) is 13.4. The first-order valence-electron chi connectivity index (χ1n) is 11.5. The van der Waals surface area contributed by atoms with Crippen molar-refractivity contribution < 1.29 is 22.7 Å². The summed E-state index contributed by atoms with van der Waals surface area (Å²) in [6, 6.07) is 11.8. The van der Waals surface area contributed by atoms with Crippen LogP contribution < -0.4 is 9.64 Å². The van der Waals surface area contributed by atoms with Crippen LogP contribution in [0, 0.1) is 23.2 Å². The SMILES string of the molecule is CC(C)(C)OC(=O)COc1ccc(C#N)cc1C#Cc1cc(S(C)(=O)=O)ccc1N1CCCCC1. The molecule has 0 spiro atoms. The van der Waals surface area contributed by atoms with Gasteiger partial charge in [-0.25, -0.2) is 13.2 Å². The molecule has 184 valence electrons. The molecule has 1 aliphatic heterocycles. The van der Waals surface area contributed by atoms with Crippen LogP contribution in [0.5, 0.6) is 5.75 Å². The minimum atomic E-state index is -3.41. The first kappa shape index (κ1) is 26.1. The number of carbonyl (C=O) groups is 1. The number of benzene rings is 2. The number of hydrogen-bond donors (Lipinski definition) is 0. The van der Waals surface area contributed by atoms with E-state index in [2.05, 4.69) is 22.8 Å². The van der Waals surface area contributed by atoms with Gasteiger partial charge in [-0.15, -0.1) is 0 Å². The molecule has 3 rings (SSSR count). The van der Waals surface area contributed by atoms with Crippen molar-refractivity contribution in [3.63, 3.8) is 0 Å². The lowest BCUT2D eigenvalue weighted by Crippen LogP contribution is -2.30. The maximum Gasteiger partial charge on any atom is 0.344 e. The Morgan fingerprint density at radius 3 is 2.34 bits per heavy atom. The van der Waals surface area contributed by atoms with Gasteiger partial charge in [0.25, 0.3) is 0 Å². The number of rotatable bonds is 5. The summed E-state index contributed by atoms with van der Waals surface area (Å²) in [6.07, 6.45) is 4.46. The summed E-state index contributed by atoms with van der Waals surface area (Å²) in [6.45, 7) is 6.76. The molecule has 0 N–H and O–H groups in total. The van der Waals surface area contributed by atoms with Gasteiger partial charge < -0.3 is 14.4 Å². The van der Waals surface area contributed by atoms with Gasteiger partial charge in [0, 0.05) is 24.9 Å². The summed E-state index contributed by atoms with van der Waals surface area (Å²) in [5, 5.41) is 9.34. The molecule has 7 nitrogen and oxygen atoms in total. The van der Waals surface area contributed by atoms with Gasteiger partial charge >= 0.3 is 5.97 Å². The quantitative estimate of drug-likeness (QED) is 0.457. The van der Waals surface area contributed by atoms with Crippen molar-refractivity contribution in [3.05, 3.63) is 53.1 Å². The lowest BCUT2D eigenvalue weighted by atomic mass is 10.1. The lowest BCUT2D eigenvalue weighted by molar-refractivity contribution is -0.157. The van der Waals surface area contributed by atoms with Crippen molar-refractivity contribution >= 4 is 21.5 Å². The zero-order valence-corrected chi connectivity index (χ0v) is 21.4. The summed E-state index contributed by atoms with van der Waals surface area (Å²) in [5.41, 5.74) is 1.62. The molecular weight excluding hydrogens is 464 g/mol. The van der Waals surface area contributed by atoms with Gasteiger partial charge in [0.15, 0.2) is 16.4 Å². The van der Waals surface area contributed by atoms with Crippen LogP contribution in [0.2, 0.25) is 0 Å². The number of nitrogens with zero attached hydrogens (tertiary/aromatic N) is 2. The predicted molar refractivity (Wildman–Crippen MR) is 134 cm³/mol. The van der Waals surface area contributed by atoms with E-state index >= 15 is 0 Å². The minimum absolute atomic E-state index is 0.190. The number of sulfone groups is 1. The maximum atomic E-state index is 12.2. The molecule has 1 aliphatic rings. The van der Waals surface area contributed by atoms with E-state index in [9.17, 15) is 18.5 Å². The third-order valence-corrected chi connectivity index (χ3v) is 6.41. The highest BCUT2D eigenvalue weighted by Gasteiger charge is 2.18. The van der Waals surface area contributed by atoms with E-state index in [4.69, 9.17) is 9.47 Å². The van der Waals surface area contributed by atoms with Crippen LogP contribution >= 0.6 is 0 Å². The van der Waals surface area contributed by atoms with Gasteiger partial charge in [0.1, 0.15) is 11.4 Å². The molecule has 0 aliphatic carbocycles. The number of anilines is 1. The standard InChI is InChI=1S/C27H30N2O5S/c1-27(2,3)34-26(30)19-33-25-13-8-20(18-28)16-22(25)10-9-21-17-23(35(4,31)32)11-12-24(21)29-14-6-5-7-15-29/h8,11-13,16-17H,5-7,14-15,19H2,1-4H3. The second-order valence-electron chi connectivity index (χ2n) is 9.45. The Kier molecular flexibility index (Phi) is 8.09. The minimum Gasteiger partial charge on any atom is -0.481 e. The van der Waals surface area contributed by atoms with Gasteiger partial charge in [-0.2, -0.15) is 5.26 Å². The summed E-state index contributed by atoms with van der Waals surface area (Å²) in [7, 11) is -3.41. The molecule has 0 aromatic heterocycles. The second kappa shape index (κ2) is 10.8. The number of ether oxygens (including phenoxy) is 2. The third-order valence-electron chi connectivity index (χ3n) is 5.30. The number of hydrogen-bond acceptors (Lipinski definition) is 7. The van der Waals surface area contributed by atoms with E-state index in [1.165, 1.54) is 6.26 Å². The third kappa shape index (κ3) is 7.50. The van der Waals surface area contributed by atoms with Crippen LogP contribution in [0.25, 0.3) is 0 Å². The van der Waals surface area contributed by atoms with Crippen molar-refractivity contribution in [2.45, 2.75) is 50.5 Å². The number of carbonyl (C=O) groups excluding carboxylic acids is 1. The highest BCUT2D eigenvalue weighted by Crippen LogP contribution is 2.27. The molecule has 35 heavy (non-hydrogen) atoms. The van der Waals surface area contributed by atoms with Crippen LogP contribution in [0.4, 0.5) is 5.69 Å². The van der Waals surface area contributed by atoms with Crippen LogP contribution in [0.15, 0.2) is 41.3 Å². The fraction of sp³-hybridized carbons (Fsp3) is 0.407. The van der Waals surface area contributed by atoms with Crippen LogP contribution in [0.1, 0.15) is 56.7 Å². The number of piperidine rings is 1. The Morgan fingerprint density at radius 2 is 1.71 bits per heavy atom. The van der Waals surface area contributed by atoms with E-state index in [1.807, 2.05) is 0 Å². The molecule has 1 heterocycles. The molecule has 0 bridgehead atoms. The highest BCUT2D eigenvalue weighted by molar-refractivity contribution is 7.90.